The smallest absolute Gasteiger partial charge is 0.271 e. The van der Waals surface area contributed by atoms with Crippen LogP contribution in [0, 0.1) is 0 Å². The van der Waals surface area contributed by atoms with Crippen LogP contribution in [0.1, 0.15) is 34.9 Å². The first-order valence-corrected chi connectivity index (χ1v) is 8.87. The van der Waals surface area contributed by atoms with Crippen LogP contribution in [0.2, 0.25) is 10.0 Å². The summed E-state index contributed by atoms with van der Waals surface area (Å²) >= 11 is 12.1. The van der Waals surface area contributed by atoms with Crippen molar-refractivity contribution >= 4 is 41.5 Å². The van der Waals surface area contributed by atoms with Crippen molar-refractivity contribution in [3.63, 3.8) is 0 Å². The summed E-state index contributed by atoms with van der Waals surface area (Å²) in [4.78, 5) is 12.2. The van der Waals surface area contributed by atoms with Crippen molar-refractivity contribution in [2.45, 2.75) is 25.3 Å². The second kappa shape index (κ2) is 9.43. The Balaban J connectivity index is 0.00000225. The summed E-state index contributed by atoms with van der Waals surface area (Å²) in [6.45, 7) is 2.43. The van der Waals surface area contributed by atoms with Crippen LogP contribution in [0.4, 0.5) is 0 Å². The van der Waals surface area contributed by atoms with E-state index >= 15 is 0 Å². The minimum atomic E-state index is -0.171. The number of benzene rings is 1. The topological polar surface area (TPSA) is 59.0 Å². The zero-order valence-corrected chi connectivity index (χ0v) is 16.0. The Morgan fingerprint density at radius 2 is 2.20 bits per heavy atom. The highest BCUT2D eigenvalue weighted by molar-refractivity contribution is 6.42. The highest BCUT2D eigenvalue weighted by atomic mass is 35.5. The molecule has 1 atom stereocenters. The Morgan fingerprint density at radius 3 is 2.96 bits per heavy atom. The molecular weight excluding hydrogens is 383 g/mol. The van der Waals surface area contributed by atoms with Gasteiger partial charge in [-0.15, -0.1) is 12.4 Å². The van der Waals surface area contributed by atoms with Gasteiger partial charge in [-0.3, -0.25) is 9.48 Å². The highest BCUT2D eigenvalue weighted by Crippen LogP contribution is 2.25. The van der Waals surface area contributed by atoms with E-state index in [9.17, 15) is 4.79 Å². The van der Waals surface area contributed by atoms with Gasteiger partial charge in [0.2, 0.25) is 0 Å². The number of hydrogen-bond acceptors (Lipinski definition) is 3. The number of piperidine rings is 1. The van der Waals surface area contributed by atoms with Gasteiger partial charge in [-0.25, -0.2) is 0 Å². The fourth-order valence-corrected chi connectivity index (χ4v) is 3.28. The lowest BCUT2D eigenvalue weighted by molar-refractivity contribution is 0.0948. The fraction of sp³-hybridized carbons (Fsp3) is 0.412. The summed E-state index contributed by atoms with van der Waals surface area (Å²) in [6.07, 6.45) is 4.72. The van der Waals surface area contributed by atoms with E-state index in [4.69, 9.17) is 23.2 Å². The van der Waals surface area contributed by atoms with Crippen molar-refractivity contribution in [3.05, 3.63) is 51.8 Å². The molecule has 0 radical (unpaired) electrons. The predicted molar refractivity (Wildman–Crippen MR) is 103 cm³/mol. The largest absolute Gasteiger partial charge is 0.350 e. The van der Waals surface area contributed by atoms with Gasteiger partial charge in [0.05, 0.1) is 16.1 Å². The first-order chi connectivity index (χ1) is 11.6. The number of nitrogens with zero attached hydrogens (tertiary/aromatic N) is 2. The van der Waals surface area contributed by atoms with Gasteiger partial charge in [0.1, 0.15) is 5.69 Å². The lowest BCUT2D eigenvalue weighted by atomic mass is 10.1. The first-order valence-electron chi connectivity index (χ1n) is 8.12. The van der Waals surface area contributed by atoms with Crippen molar-refractivity contribution in [2.75, 3.05) is 19.6 Å². The van der Waals surface area contributed by atoms with Crippen molar-refractivity contribution in [1.82, 2.24) is 20.4 Å². The van der Waals surface area contributed by atoms with Gasteiger partial charge in [-0.1, -0.05) is 35.3 Å². The number of rotatable bonds is 5. The van der Waals surface area contributed by atoms with E-state index < -0.39 is 0 Å². The quantitative estimate of drug-likeness (QED) is 0.803. The van der Waals surface area contributed by atoms with Gasteiger partial charge in [-0.2, -0.15) is 5.10 Å². The average molecular weight is 404 g/mol. The summed E-state index contributed by atoms with van der Waals surface area (Å²) in [5.41, 5.74) is 1.36. The molecule has 2 aromatic rings. The molecule has 1 aliphatic rings. The number of hydrogen-bond donors (Lipinski definition) is 2. The van der Waals surface area contributed by atoms with Gasteiger partial charge < -0.3 is 10.6 Å². The van der Waals surface area contributed by atoms with Gasteiger partial charge >= 0.3 is 0 Å². The number of halogens is 3. The molecule has 1 aromatic carbocycles. The van der Waals surface area contributed by atoms with E-state index in [1.54, 1.807) is 12.1 Å². The minimum absolute atomic E-state index is 0. The lowest BCUT2D eigenvalue weighted by Crippen LogP contribution is -2.32. The zero-order valence-electron chi connectivity index (χ0n) is 13.7. The molecule has 1 saturated heterocycles. The monoisotopic (exact) mass is 402 g/mol. The third-order valence-electron chi connectivity index (χ3n) is 4.20. The normalized spacial score (nSPS) is 17.0. The second-order valence-electron chi connectivity index (χ2n) is 5.90. The van der Waals surface area contributed by atoms with Crippen molar-refractivity contribution in [2.24, 2.45) is 0 Å². The fourth-order valence-electron chi connectivity index (χ4n) is 2.86. The molecule has 1 aromatic heterocycles. The van der Waals surface area contributed by atoms with E-state index in [1.807, 2.05) is 23.0 Å². The number of nitrogens with one attached hydrogen (secondary N) is 2. The van der Waals surface area contributed by atoms with Crippen molar-refractivity contribution in [3.8, 4) is 0 Å². The predicted octanol–water partition coefficient (Wildman–Crippen LogP) is 3.51. The average Bonchev–Trinajstić information content (AvgIpc) is 3.09. The maximum absolute atomic E-state index is 12.2. The number of amides is 1. The molecular formula is C17H21Cl3N4O. The van der Waals surface area contributed by atoms with Crippen LogP contribution in [-0.4, -0.2) is 35.3 Å². The van der Waals surface area contributed by atoms with Crippen LogP contribution in [-0.2, 0) is 6.42 Å². The second-order valence-corrected chi connectivity index (χ2v) is 6.69. The number of carbonyl (C=O) groups excluding carboxylic acids is 1. The molecule has 1 unspecified atom stereocenters. The third kappa shape index (κ3) is 5.11. The summed E-state index contributed by atoms with van der Waals surface area (Å²) in [6, 6.07) is 7.59. The van der Waals surface area contributed by atoms with E-state index in [0.717, 1.165) is 31.5 Å². The Hall–Kier alpha value is -1.27. The van der Waals surface area contributed by atoms with E-state index in [0.29, 0.717) is 34.7 Å². The third-order valence-corrected chi connectivity index (χ3v) is 5.06. The lowest BCUT2D eigenvalue weighted by Gasteiger charge is -2.22. The number of carbonyl (C=O) groups is 1. The van der Waals surface area contributed by atoms with E-state index in [-0.39, 0.29) is 18.3 Å². The molecule has 5 nitrogen and oxygen atoms in total. The van der Waals surface area contributed by atoms with Crippen molar-refractivity contribution in [1.29, 1.82) is 0 Å². The summed E-state index contributed by atoms with van der Waals surface area (Å²) in [7, 11) is 0. The Morgan fingerprint density at radius 1 is 1.36 bits per heavy atom. The number of aromatic nitrogens is 2. The molecule has 2 heterocycles. The van der Waals surface area contributed by atoms with Crippen LogP contribution in [0.3, 0.4) is 0 Å². The summed E-state index contributed by atoms with van der Waals surface area (Å²) in [5.74, 6) is -0.171. The summed E-state index contributed by atoms with van der Waals surface area (Å²) in [5, 5.41) is 11.7. The molecule has 3 rings (SSSR count). The molecule has 0 spiro atoms. The molecule has 2 N–H and O–H groups in total. The maximum atomic E-state index is 12.2. The van der Waals surface area contributed by atoms with Crippen LogP contribution in [0.5, 0.6) is 0 Å². The molecule has 136 valence electrons. The van der Waals surface area contributed by atoms with Crippen molar-refractivity contribution < 1.29 is 4.79 Å². The zero-order chi connectivity index (χ0) is 16.9. The van der Waals surface area contributed by atoms with Gasteiger partial charge in [0.25, 0.3) is 5.91 Å². The first kappa shape index (κ1) is 20.0. The minimum Gasteiger partial charge on any atom is -0.350 e. The molecule has 8 heteroatoms. The van der Waals surface area contributed by atoms with Crippen LogP contribution >= 0.6 is 35.6 Å². The van der Waals surface area contributed by atoms with Crippen LogP contribution < -0.4 is 10.6 Å². The molecule has 1 amide bonds. The van der Waals surface area contributed by atoms with Crippen LogP contribution in [0.15, 0.2) is 30.5 Å². The summed E-state index contributed by atoms with van der Waals surface area (Å²) < 4.78 is 1.88. The van der Waals surface area contributed by atoms with Gasteiger partial charge in [-0.05, 0) is 43.5 Å². The molecule has 1 fully saturated rings. The van der Waals surface area contributed by atoms with Gasteiger partial charge in [0, 0.05) is 19.3 Å². The molecule has 1 aliphatic heterocycles. The van der Waals surface area contributed by atoms with E-state index in [1.165, 1.54) is 0 Å². The Labute approximate surface area is 163 Å². The molecule has 25 heavy (non-hydrogen) atoms. The maximum Gasteiger partial charge on any atom is 0.271 e. The Bertz CT molecular complexity index is 714. The van der Waals surface area contributed by atoms with Gasteiger partial charge in [0.15, 0.2) is 0 Å². The standard InChI is InChI=1S/C17H20Cl2N4O.ClH/c18-14-5-1-3-12(16(14)19)6-9-21-17(24)15-7-10-23(22-15)13-4-2-8-20-11-13;/h1,3,5,7,10,13,20H,2,4,6,8-9,11H2,(H,21,24);1H. The van der Waals surface area contributed by atoms with E-state index in [2.05, 4.69) is 15.7 Å². The Kier molecular flexibility index (Phi) is 7.56. The van der Waals surface area contributed by atoms with Crippen LogP contribution in [0.25, 0.3) is 0 Å². The highest BCUT2D eigenvalue weighted by Gasteiger charge is 2.17. The molecule has 0 aliphatic carbocycles. The SMILES string of the molecule is Cl.O=C(NCCc1cccc(Cl)c1Cl)c1ccn(C2CCCNC2)n1. The molecule has 0 bridgehead atoms. The molecule has 0 saturated carbocycles.